The van der Waals surface area contributed by atoms with Crippen LogP contribution in [0.5, 0.6) is 0 Å². The number of hydrogen-bond donors (Lipinski definition) is 2. The van der Waals surface area contributed by atoms with Crippen molar-refractivity contribution in [1.82, 2.24) is 10.0 Å². The Morgan fingerprint density at radius 1 is 1.45 bits per heavy atom. The summed E-state index contributed by atoms with van der Waals surface area (Å²) in [4.78, 5) is 9.28. The molecule has 0 amide bonds. The fourth-order valence-electron chi connectivity index (χ4n) is 2.04. The first-order valence-electron chi connectivity index (χ1n) is 6.07. The Labute approximate surface area is 115 Å². The third-order valence-electron chi connectivity index (χ3n) is 3.04. The van der Waals surface area contributed by atoms with Crippen LogP contribution in [0.1, 0.15) is 12.8 Å². The molecular weight excluding hydrogens is 289 g/mol. The Balaban J connectivity index is 2.20. The molecule has 7 nitrogen and oxygen atoms in total. The third-order valence-corrected chi connectivity index (χ3v) is 4.56. The number of benzene rings is 1. The molecule has 1 aliphatic heterocycles. The van der Waals surface area contributed by atoms with Crippen LogP contribution in [0.4, 0.5) is 10.1 Å². The van der Waals surface area contributed by atoms with E-state index in [-0.39, 0.29) is 10.9 Å². The van der Waals surface area contributed by atoms with Crippen molar-refractivity contribution >= 4 is 15.7 Å². The fourth-order valence-corrected chi connectivity index (χ4v) is 3.32. The molecule has 0 radical (unpaired) electrons. The number of nitro groups is 1. The van der Waals surface area contributed by atoms with Crippen LogP contribution in [-0.2, 0) is 10.0 Å². The van der Waals surface area contributed by atoms with Gasteiger partial charge in [-0.25, -0.2) is 13.1 Å². The lowest BCUT2D eigenvalue weighted by molar-refractivity contribution is -0.387. The highest BCUT2D eigenvalue weighted by Gasteiger charge is 2.24. The van der Waals surface area contributed by atoms with Crippen LogP contribution in [0.15, 0.2) is 23.1 Å². The van der Waals surface area contributed by atoms with Gasteiger partial charge >= 0.3 is 5.69 Å². The van der Waals surface area contributed by atoms with E-state index < -0.39 is 26.5 Å². The van der Waals surface area contributed by atoms with E-state index >= 15 is 0 Å². The summed E-state index contributed by atoms with van der Waals surface area (Å²) in [6.45, 7) is 1.35. The van der Waals surface area contributed by atoms with Crippen LogP contribution in [0.25, 0.3) is 0 Å². The molecule has 2 N–H and O–H groups in total. The number of nitrogens with zero attached hydrogens (tertiary/aromatic N) is 1. The standard InChI is InChI=1S/C11H14FN3O4S/c12-10-6-9(3-4-11(10)15(16)17)20(18,19)14-8-2-1-5-13-7-8/h3-4,6,8,13-14H,1-2,5,7H2/t8-/m0/s1. The highest BCUT2D eigenvalue weighted by Crippen LogP contribution is 2.21. The second kappa shape index (κ2) is 5.81. The predicted molar refractivity (Wildman–Crippen MR) is 69.3 cm³/mol. The average Bonchev–Trinajstić information content (AvgIpc) is 2.38. The predicted octanol–water partition coefficient (Wildman–Crippen LogP) is 0.764. The average molecular weight is 303 g/mol. The molecule has 1 aromatic rings. The van der Waals surface area contributed by atoms with Crippen LogP contribution in [0.2, 0.25) is 0 Å². The second-order valence-corrected chi connectivity index (χ2v) is 6.25. The van der Waals surface area contributed by atoms with Crippen LogP contribution in [0.3, 0.4) is 0 Å². The Bertz CT molecular complexity index is 614. The molecule has 9 heteroatoms. The van der Waals surface area contributed by atoms with Gasteiger partial charge in [0.2, 0.25) is 15.8 Å². The summed E-state index contributed by atoms with van der Waals surface area (Å²) >= 11 is 0. The quantitative estimate of drug-likeness (QED) is 0.632. The Morgan fingerprint density at radius 2 is 2.20 bits per heavy atom. The van der Waals surface area contributed by atoms with Crippen LogP contribution in [-0.4, -0.2) is 32.5 Å². The van der Waals surface area contributed by atoms with Crippen LogP contribution < -0.4 is 10.0 Å². The van der Waals surface area contributed by atoms with Crippen molar-refractivity contribution in [1.29, 1.82) is 0 Å². The zero-order valence-corrected chi connectivity index (χ0v) is 11.3. The van der Waals surface area contributed by atoms with Gasteiger partial charge in [-0.2, -0.15) is 4.39 Å². The smallest absolute Gasteiger partial charge is 0.304 e. The molecule has 0 bridgehead atoms. The lowest BCUT2D eigenvalue weighted by atomic mass is 10.1. The molecule has 110 valence electrons. The Morgan fingerprint density at radius 3 is 2.75 bits per heavy atom. The zero-order valence-electron chi connectivity index (χ0n) is 10.5. The minimum Gasteiger partial charge on any atom is -0.315 e. The van der Waals surface area contributed by atoms with E-state index in [9.17, 15) is 22.9 Å². The zero-order chi connectivity index (χ0) is 14.8. The first-order chi connectivity index (χ1) is 9.40. The van der Waals surface area contributed by atoms with Gasteiger partial charge in [-0.05, 0) is 25.5 Å². The maximum atomic E-state index is 13.5. The summed E-state index contributed by atoms with van der Waals surface area (Å²) < 4.78 is 40.0. The lowest BCUT2D eigenvalue weighted by Gasteiger charge is -2.23. The molecule has 1 aliphatic rings. The van der Waals surface area contributed by atoms with Crippen molar-refractivity contribution in [3.05, 3.63) is 34.1 Å². The van der Waals surface area contributed by atoms with E-state index in [1.54, 1.807) is 0 Å². The molecule has 1 saturated heterocycles. The minimum atomic E-state index is -3.88. The number of piperidine rings is 1. The summed E-state index contributed by atoms with van der Waals surface area (Å²) in [5.74, 6) is -1.17. The molecule has 1 heterocycles. The van der Waals surface area contributed by atoms with Crippen molar-refractivity contribution in [2.24, 2.45) is 0 Å². The molecular formula is C11H14FN3O4S. The number of halogens is 1. The van der Waals surface area contributed by atoms with E-state index in [0.29, 0.717) is 19.0 Å². The van der Waals surface area contributed by atoms with E-state index in [0.717, 1.165) is 25.1 Å². The van der Waals surface area contributed by atoms with Crippen molar-refractivity contribution < 1.29 is 17.7 Å². The molecule has 2 rings (SSSR count). The topological polar surface area (TPSA) is 101 Å². The first kappa shape index (κ1) is 14.8. The molecule has 1 fully saturated rings. The van der Waals surface area contributed by atoms with Gasteiger partial charge in [0.1, 0.15) is 0 Å². The molecule has 1 aromatic carbocycles. The van der Waals surface area contributed by atoms with Gasteiger partial charge in [-0.1, -0.05) is 0 Å². The molecule has 0 aliphatic carbocycles. The number of rotatable bonds is 4. The first-order valence-corrected chi connectivity index (χ1v) is 7.55. The highest BCUT2D eigenvalue weighted by atomic mass is 32.2. The van der Waals surface area contributed by atoms with E-state index in [2.05, 4.69) is 10.0 Å². The normalized spacial score (nSPS) is 19.8. The van der Waals surface area contributed by atoms with Gasteiger partial charge < -0.3 is 5.32 Å². The lowest BCUT2D eigenvalue weighted by Crippen LogP contribution is -2.45. The number of hydrogen-bond acceptors (Lipinski definition) is 5. The van der Waals surface area contributed by atoms with Gasteiger partial charge in [0.05, 0.1) is 9.82 Å². The van der Waals surface area contributed by atoms with E-state index in [1.807, 2.05) is 0 Å². The second-order valence-electron chi connectivity index (χ2n) is 4.53. The maximum absolute atomic E-state index is 13.5. The van der Waals surface area contributed by atoms with Gasteiger partial charge in [0.25, 0.3) is 0 Å². The van der Waals surface area contributed by atoms with Crippen LogP contribution >= 0.6 is 0 Å². The van der Waals surface area contributed by atoms with Crippen molar-refractivity contribution in [2.45, 2.75) is 23.8 Å². The summed E-state index contributed by atoms with van der Waals surface area (Å²) in [6, 6.07) is 2.28. The SMILES string of the molecule is O=[N+]([O-])c1ccc(S(=O)(=O)N[C@H]2CCCNC2)cc1F. The monoisotopic (exact) mass is 303 g/mol. The summed E-state index contributed by atoms with van der Waals surface area (Å²) in [7, 11) is -3.88. The van der Waals surface area contributed by atoms with Crippen molar-refractivity contribution in [3.63, 3.8) is 0 Å². The molecule has 0 aromatic heterocycles. The molecule has 0 spiro atoms. The Hall–Kier alpha value is -1.58. The Kier molecular flexibility index (Phi) is 4.31. The molecule has 0 unspecified atom stereocenters. The van der Waals surface area contributed by atoms with Crippen molar-refractivity contribution in [3.8, 4) is 0 Å². The molecule has 1 atom stereocenters. The van der Waals surface area contributed by atoms with E-state index in [4.69, 9.17) is 0 Å². The van der Waals surface area contributed by atoms with Crippen molar-refractivity contribution in [2.75, 3.05) is 13.1 Å². The highest BCUT2D eigenvalue weighted by molar-refractivity contribution is 7.89. The summed E-state index contributed by atoms with van der Waals surface area (Å²) in [6.07, 6.45) is 1.55. The summed E-state index contributed by atoms with van der Waals surface area (Å²) in [5, 5.41) is 13.5. The van der Waals surface area contributed by atoms with Gasteiger partial charge in [-0.3, -0.25) is 10.1 Å². The fraction of sp³-hybridized carbons (Fsp3) is 0.455. The van der Waals surface area contributed by atoms with Gasteiger partial charge in [0, 0.05) is 24.7 Å². The van der Waals surface area contributed by atoms with Gasteiger partial charge in [0.15, 0.2) is 0 Å². The summed E-state index contributed by atoms with van der Waals surface area (Å²) in [5.41, 5.74) is -0.747. The number of nitro benzene ring substituents is 1. The largest absolute Gasteiger partial charge is 0.315 e. The number of sulfonamides is 1. The minimum absolute atomic E-state index is 0.257. The van der Waals surface area contributed by atoms with E-state index in [1.165, 1.54) is 0 Å². The third kappa shape index (κ3) is 3.30. The van der Waals surface area contributed by atoms with Gasteiger partial charge in [-0.15, -0.1) is 0 Å². The number of nitrogens with one attached hydrogen (secondary N) is 2. The van der Waals surface area contributed by atoms with Crippen LogP contribution in [0, 0.1) is 15.9 Å². The maximum Gasteiger partial charge on any atom is 0.304 e. The molecule has 0 saturated carbocycles. The molecule has 20 heavy (non-hydrogen) atoms.